The van der Waals surface area contributed by atoms with Gasteiger partial charge in [-0.3, -0.25) is 0 Å². The van der Waals surface area contributed by atoms with Crippen molar-refractivity contribution in [1.82, 2.24) is 0 Å². The molecular weight excluding hydrogens is 978 g/mol. The maximum atomic E-state index is 2.84. The van der Waals surface area contributed by atoms with Gasteiger partial charge in [-0.15, -0.1) is 0 Å². The quantitative estimate of drug-likeness (QED) is 0.159. The van der Waals surface area contributed by atoms with Gasteiger partial charge >= 0.3 is 0 Å². The molecule has 2 atom stereocenters. The number of hydrogen-bond donors (Lipinski definition) is 0. The number of benzene rings is 8. The standard InChI is InChI=1S/C77H86BN3/c1-49-40-68-70-69(41-49)80(64-36-30-56(73(8,9)10)44-60(64)50-22-18-17-19-23-50)66-43-52-48-75(14,15)47-51(52)42-63(66)78(70)62-35-34-59(46-67(62)79(68)58-32-28-54(29-33-58)72(5,6)7)81-65-37-31-57(74(11,12)13)45-61(65)77(39-21-20-38-76(77,81)16)55-26-24-53(25-27-55)71(2,3)4/h17-19,22-37,40-46H,20-21,38-39,47-48H2,1-16H3. The number of hydrogen-bond acceptors (Lipinski definition) is 3. The third kappa shape index (κ3) is 8.41. The van der Waals surface area contributed by atoms with Crippen molar-refractivity contribution in [3.05, 3.63) is 208 Å². The summed E-state index contributed by atoms with van der Waals surface area (Å²) in [5, 5.41) is 0. The van der Waals surface area contributed by atoms with Crippen LogP contribution in [0.3, 0.4) is 0 Å². The first-order valence-corrected chi connectivity index (χ1v) is 30.6. The van der Waals surface area contributed by atoms with Crippen molar-refractivity contribution in [2.45, 2.75) is 182 Å². The first kappa shape index (κ1) is 53.5. The normalized spacial score (nSPS) is 19.9. The lowest BCUT2D eigenvalue weighted by atomic mass is 9.33. The zero-order valence-electron chi connectivity index (χ0n) is 51.7. The van der Waals surface area contributed by atoms with Gasteiger partial charge in [0, 0.05) is 50.8 Å². The van der Waals surface area contributed by atoms with Crippen molar-refractivity contribution in [3.8, 4) is 11.1 Å². The Bertz CT molecular complexity index is 3820. The SMILES string of the molecule is Cc1cc2c3c(c1)N(c1ccc(C(C)(C)C)cc1-c1ccccc1)c1cc4c(cc1B3c1ccc(N3c5ccc(C(C)(C)C)cc5C5(c6ccc(C(C)(C)C)cc6)CCCCC35C)cc1N2c1ccc(C(C)(C)C)cc1)CC(C)(C)C4. The highest BCUT2D eigenvalue weighted by atomic mass is 15.3. The van der Waals surface area contributed by atoms with Gasteiger partial charge in [-0.1, -0.05) is 207 Å². The second kappa shape index (κ2) is 18.1. The largest absolute Gasteiger partial charge is 0.334 e. The summed E-state index contributed by atoms with van der Waals surface area (Å²) in [5.41, 5.74) is 29.2. The first-order valence-electron chi connectivity index (χ1n) is 30.6. The molecule has 0 spiro atoms. The van der Waals surface area contributed by atoms with Gasteiger partial charge in [0.05, 0.1) is 11.2 Å². The van der Waals surface area contributed by atoms with E-state index >= 15 is 0 Å². The highest BCUT2D eigenvalue weighted by Crippen LogP contribution is 2.64. The number of rotatable bonds is 5. The predicted molar refractivity (Wildman–Crippen MR) is 349 cm³/mol. The van der Waals surface area contributed by atoms with Crippen LogP contribution in [-0.2, 0) is 39.9 Å². The molecule has 8 aromatic rings. The highest BCUT2D eigenvalue weighted by molar-refractivity contribution is 7.00. The van der Waals surface area contributed by atoms with Crippen LogP contribution in [0, 0.1) is 12.3 Å². The maximum absolute atomic E-state index is 2.84. The number of nitrogens with zero attached hydrogens (tertiary/aromatic N) is 3. The van der Waals surface area contributed by atoms with Crippen LogP contribution in [0.2, 0.25) is 0 Å². The Morgan fingerprint density at radius 3 is 1.59 bits per heavy atom. The predicted octanol–water partition coefficient (Wildman–Crippen LogP) is 18.8. The van der Waals surface area contributed by atoms with Crippen LogP contribution in [0.4, 0.5) is 45.5 Å². The molecule has 0 amide bonds. The van der Waals surface area contributed by atoms with Gasteiger partial charge in [0.15, 0.2) is 0 Å². The van der Waals surface area contributed by atoms with Crippen LogP contribution in [0.5, 0.6) is 0 Å². The fraction of sp³-hybridized carbons (Fsp3) is 0.377. The molecule has 13 rings (SSSR count). The molecule has 3 nitrogen and oxygen atoms in total. The van der Waals surface area contributed by atoms with E-state index in [2.05, 4.69) is 283 Å². The van der Waals surface area contributed by atoms with E-state index in [0.717, 1.165) is 25.7 Å². The Balaban J connectivity index is 1.08. The molecule has 0 aromatic heterocycles. The molecule has 1 saturated carbocycles. The molecule has 0 bridgehead atoms. The monoisotopic (exact) mass is 1060 g/mol. The van der Waals surface area contributed by atoms with Crippen molar-refractivity contribution in [3.63, 3.8) is 0 Å². The van der Waals surface area contributed by atoms with Crippen molar-refractivity contribution < 1.29 is 0 Å². The second-order valence-electron chi connectivity index (χ2n) is 30.4. The minimum atomic E-state index is -0.235. The minimum Gasteiger partial charge on any atom is -0.334 e. The summed E-state index contributed by atoms with van der Waals surface area (Å²) in [5.74, 6) is 0. The molecule has 4 heteroatoms. The maximum Gasteiger partial charge on any atom is 0.252 e. The van der Waals surface area contributed by atoms with Crippen LogP contribution in [0.15, 0.2) is 158 Å². The molecule has 0 radical (unpaired) electrons. The van der Waals surface area contributed by atoms with E-state index in [4.69, 9.17) is 0 Å². The topological polar surface area (TPSA) is 9.72 Å². The Kier molecular flexibility index (Phi) is 12.0. The highest BCUT2D eigenvalue weighted by Gasteiger charge is 2.61. The molecule has 2 unspecified atom stereocenters. The van der Waals surface area contributed by atoms with Gasteiger partial charge in [-0.25, -0.2) is 0 Å². The number of anilines is 8. The van der Waals surface area contributed by atoms with E-state index in [9.17, 15) is 0 Å². The molecule has 81 heavy (non-hydrogen) atoms. The van der Waals surface area contributed by atoms with E-state index in [-0.39, 0.29) is 44.7 Å². The number of fused-ring (bicyclic) bond motifs is 8. The summed E-state index contributed by atoms with van der Waals surface area (Å²) < 4.78 is 0. The summed E-state index contributed by atoms with van der Waals surface area (Å²) in [6.45, 7) is 38.1. The smallest absolute Gasteiger partial charge is 0.252 e. The molecule has 1 fully saturated rings. The van der Waals surface area contributed by atoms with Crippen molar-refractivity contribution >= 4 is 68.6 Å². The zero-order chi connectivity index (χ0) is 57.1. The average molecular weight is 1060 g/mol. The van der Waals surface area contributed by atoms with Gasteiger partial charge < -0.3 is 14.7 Å². The van der Waals surface area contributed by atoms with Crippen LogP contribution < -0.4 is 31.1 Å². The van der Waals surface area contributed by atoms with Crippen molar-refractivity contribution in [2.75, 3.05) is 14.7 Å². The Hall–Kier alpha value is -6.78. The first-order chi connectivity index (χ1) is 38.2. The van der Waals surface area contributed by atoms with Gasteiger partial charge in [0.1, 0.15) is 0 Å². The zero-order valence-corrected chi connectivity index (χ0v) is 51.7. The van der Waals surface area contributed by atoms with Crippen LogP contribution >= 0.6 is 0 Å². The summed E-state index contributed by atoms with van der Waals surface area (Å²) >= 11 is 0. The lowest BCUT2D eigenvalue weighted by molar-refractivity contribution is 0.215. The van der Waals surface area contributed by atoms with E-state index in [1.54, 1.807) is 0 Å². The summed E-state index contributed by atoms with van der Waals surface area (Å²) in [6, 6.07) is 63.5. The van der Waals surface area contributed by atoms with E-state index in [1.165, 1.54) is 136 Å². The summed E-state index contributed by atoms with van der Waals surface area (Å²) in [6.07, 6.45) is 6.77. The molecule has 412 valence electrons. The Morgan fingerprint density at radius 2 is 0.963 bits per heavy atom. The summed E-state index contributed by atoms with van der Waals surface area (Å²) in [4.78, 5) is 8.18. The molecule has 5 aliphatic rings. The molecule has 8 aromatic carbocycles. The fourth-order valence-corrected chi connectivity index (χ4v) is 15.7. The van der Waals surface area contributed by atoms with E-state index in [0.29, 0.717) is 0 Å². The summed E-state index contributed by atoms with van der Waals surface area (Å²) in [7, 11) is 0. The molecule has 3 heterocycles. The van der Waals surface area contributed by atoms with E-state index < -0.39 is 0 Å². The molecule has 3 aliphatic heterocycles. The molecular formula is C77H86BN3. The van der Waals surface area contributed by atoms with Crippen LogP contribution in [0.1, 0.15) is 180 Å². The fourth-order valence-electron chi connectivity index (χ4n) is 15.7. The lowest BCUT2D eigenvalue weighted by Crippen LogP contribution is -2.61. The second-order valence-corrected chi connectivity index (χ2v) is 30.4. The van der Waals surface area contributed by atoms with E-state index in [1.807, 2.05) is 0 Å². The average Bonchev–Trinajstić information content (AvgIpc) is 3.99. The third-order valence-electron chi connectivity index (χ3n) is 20.0. The van der Waals surface area contributed by atoms with Gasteiger partial charge in [-0.2, -0.15) is 0 Å². The minimum absolute atomic E-state index is 0.00457. The lowest BCUT2D eigenvalue weighted by Gasteiger charge is -2.52. The van der Waals surface area contributed by atoms with Crippen molar-refractivity contribution in [1.29, 1.82) is 0 Å². The molecule has 0 N–H and O–H groups in total. The Labute approximate surface area is 486 Å². The van der Waals surface area contributed by atoms with Crippen LogP contribution in [-0.4, -0.2) is 12.3 Å². The van der Waals surface area contributed by atoms with Gasteiger partial charge in [0.2, 0.25) is 0 Å². The van der Waals surface area contributed by atoms with Gasteiger partial charge in [-0.05, 0) is 199 Å². The van der Waals surface area contributed by atoms with Crippen molar-refractivity contribution in [2.24, 2.45) is 5.41 Å². The molecule has 0 saturated heterocycles. The van der Waals surface area contributed by atoms with Crippen LogP contribution in [0.25, 0.3) is 11.1 Å². The molecule has 2 aliphatic carbocycles. The third-order valence-corrected chi connectivity index (χ3v) is 20.0. The number of aryl methyl sites for hydroxylation is 1. The van der Waals surface area contributed by atoms with Gasteiger partial charge in [0.25, 0.3) is 6.71 Å². The Morgan fingerprint density at radius 1 is 0.432 bits per heavy atom.